The molecular formula is C27H29N5O2. The van der Waals surface area contributed by atoms with Gasteiger partial charge in [-0.05, 0) is 61.4 Å². The third-order valence-corrected chi connectivity index (χ3v) is 5.22. The van der Waals surface area contributed by atoms with E-state index in [9.17, 15) is 0 Å². The van der Waals surface area contributed by atoms with Crippen molar-refractivity contribution in [2.45, 2.75) is 26.7 Å². The van der Waals surface area contributed by atoms with Gasteiger partial charge in [0.1, 0.15) is 0 Å². The van der Waals surface area contributed by atoms with Gasteiger partial charge in [-0.25, -0.2) is 9.98 Å². The van der Waals surface area contributed by atoms with Crippen molar-refractivity contribution in [3.63, 3.8) is 0 Å². The first kappa shape index (κ1) is 23.0. The summed E-state index contributed by atoms with van der Waals surface area (Å²) < 4.78 is 11.3. The third-order valence-electron chi connectivity index (χ3n) is 5.22. The second kappa shape index (κ2) is 11.1. The highest BCUT2D eigenvalue weighted by molar-refractivity contribution is 6.00. The Morgan fingerprint density at radius 1 is 1.06 bits per heavy atom. The van der Waals surface area contributed by atoms with Gasteiger partial charge in [0.2, 0.25) is 0 Å². The van der Waals surface area contributed by atoms with Crippen molar-refractivity contribution in [1.29, 1.82) is 0 Å². The van der Waals surface area contributed by atoms with Crippen LogP contribution in [-0.4, -0.2) is 35.7 Å². The van der Waals surface area contributed by atoms with E-state index in [0.717, 1.165) is 40.9 Å². The van der Waals surface area contributed by atoms with Crippen LogP contribution in [0, 0.1) is 6.92 Å². The molecule has 1 aromatic heterocycles. The number of imidazole rings is 1. The average Bonchev–Trinajstić information content (AvgIpc) is 3.30. The standard InChI is InChI=1S/C27H29N5O2/c1-4-5-16-34-24-15-12-20(17-25(24)33-3)18-28-32-27(29-21-13-10-19(2)11-14-21)26-30-22-8-6-7-9-23(22)31-26/h6-15,17-18H,4-5,16H2,1-3H3,(H,29,32)(H,30,31)/b28-18+. The van der Waals surface area contributed by atoms with Crippen LogP contribution in [0.15, 0.2) is 76.8 Å². The molecule has 0 unspecified atom stereocenters. The summed E-state index contributed by atoms with van der Waals surface area (Å²) in [5.41, 5.74) is 7.70. The Bertz CT molecular complexity index is 1260. The normalized spacial score (nSPS) is 11.8. The predicted octanol–water partition coefficient (Wildman–Crippen LogP) is 5.76. The number of nitrogens with one attached hydrogen (secondary N) is 2. The van der Waals surface area contributed by atoms with E-state index in [1.54, 1.807) is 13.3 Å². The first-order chi connectivity index (χ1) is 16.7. The number of hydrogen-bond donors (Lipinski definition) is 2. The van der Waals surface area contributed by atoms with Gasteiger partial charge in [0.05, 0.1) is 36.7 Å². The molecule has 174 valence electrons. The summed E-state index contributed by atoms with van der Waals surface area (Å²) in [7, 11) is 1.63. The third kappa shape index (κ3) is 5.81. The minimum Gasteiger partial charge on any atom is -0.493 e. The quantitative estimate of drug-likeness (QED) is 0.145. The number of nitrogens with zero attached hydrogens (tertiary/aromatic N) is 3. The molecule has 0 atom stereocenters. The SMILES string of the molecule is CCCCOc1ccc(/C=N/NC(=Nc2ccc(C)cc2)c2nc3ccccc3[nH]2)cc1OC. The molecule has 0 radical (unpaired) electrons. The highest BCUT2D eigenvalue weighted by Crippen LogP contribution is 2.27. The lowest BCUT2D eigenvalue weighted by atomic mass is 10.2. The number of amidine groups is 1. The van der Waals surface area contributed by atoms with Gasteiger partial charge < -0.3 is 14.5 Å². The van der Waals surface area contributed by atoms with E-state index < -0.39 is 0 Å². The van der Waals surface area contributed by atoms with E-state index >= 15 is 0 Å². The van der Waals surface area contributed by atoms with Crippen LogP contribution in [0.2, 0.25) is 0 Å². The molecule has 1 heterocycles. The molecular weight excluding hydrogens is 426 g/mol. The predicted molar refractivity (Wildman–Crippen MR) is 138 cm³/mol. The number of hydrazone groups is 1. The number of unbranched alkanes of at least 4 members (excludes halogenated alkanes) is 1. The molecule has 0 fully saturated rings. The Kier molecular flexibility index (Phi) is 7.55. The van der Waals surface area contributed by atoms with E-state index in [1.807, 2.05) is 73.7 Å². The Balaban J connectivity index is 1.57. The average molecular weight is 456 g/mol. The fourth-order valence-corrected chi connectivity index (χ4v) is 3.32. The smallest absolute Gasteiger partial charge is 0.190 e. The van der Waals surface area contributed by atoms with Crippen LogP contribution >= 0.6 is 0 Å². The molecule has 2 N–H and O–H groups in total. The monoisotopic (exact) mass is 455 g/mol. The van der Waals surface area contributed by atoms with E-state index in [2.05, 4.69) is 27.4 Å². The van der Waals surface area contributed by atoms with Crippen molar-refractivity contribution in [2.24, 2.45) is 10.1 Å². The zero-order valence-electron chi connectivity index (χ0n) is 19.7. The molecule has 7 heteroatoms. The Morgan fingerprint density at radius 2 is 1.88 bits per heavy atom. The Hall–Kier alpha value is -4.13. The Morgan fingerprint density at radius 3 is 2.65 bits per heavy atom. The number of ether oxygens (including phenoxy) is 2. The van der Waals surface area contributed by atoms with Crippen LogP contribution < -0.4 is 14.9 Å². The number of aliphatic imine (C=N–C) groups is 1. The molecule has 34 heavy (non-hydrogen) atoms. The van der Waals surface area contributed by atoms with Crippen LogP contribution in [0.5, 0.6) is 11.5 Å². The number of rotatable bonds is 9. The maximum Gasteiger partial charge on any atom is 0.190 e. The van der Waals surface area contributed by atoms with Crippen LogP contribution in [0.1, 0.15) is 36.7 Å². The van der Waals surface area contributed by atoms with Crippen molar-refractivity contribution in [3.05, 3.63) is 83.7 Å². The summed E-state index contributed by atoms with van der Waals surface area (Å²) in [5, 5.41) is 4.42. The van der Waals surface area contributed by atoms with Gasteiger partial charge in [0.15, 0.2) is 23.2 Å². The summed E-state index contributed by atoms with van der Waals surface area (Å²) in [6, 6.07) is 21.6. The number of aromatic amines is 1. The zero-order chi connectivity index (χ0) is 23.8. The van der Waals surface area contributed by atoms with Crippen LogP contribution in [0.4, 0.5) is 5.69 Å². The number of H-pyrrole nitrogens is 1. The summed E-state index contributed by atoms with van der Waals surface area (Å²) in [6.45, 7) is 4.84. The molecule has 0 bridgehead atoms. The van der Waals surface area contributed by atoms with Gasteiger partial charge in [-0.15, -0.1) is 0 Å². The number of aryl methyl sites for hydroxylation is 1. The van der Waals surface area contributed by atoms with Crippen molar-refractivity contribution in [3.8, 4) is 11.5 Å². The number of methoxy groups -OCH3 is 1. The minimum atomic E-state index is 0.516. The van der Waals surface area contributed by atoms with Gasteiger partial charge in [-0.3, -0.25) is 5.43 Å². The van der Waals surface area contributed by atoms with Gasteiger partial charge in [0, 0.05) is 0 Å². The van der Waals surface area contributed by atoms with E-state index in [0.29, 0.717) is 24.0 Å². The highest BCUT2D eigenvalue weighted by atomic mass is 16.5. The summed E-state index contributed by atoms with van der Waals surface area (Å²) >= 11 is 0. The molecule has 0 spiro atoms. The molecule has 0 aliphatic carbocycles. The molecule has 0 amide bonds. The maximum atomic E-state index is 5.81. The summed E-state index contributed by atoms with van der Waals surface area (Å²) in [4.78, 5) is 12.7. The van der Waals surface area contributed by atoms with E-state index in [4.69, 9.17) is 14.5 Å². The molecule has 0 aliphatic heterocycles. The van der Waals surface area contributed by atoms with Crippen LogP contribution in [-0.2, 0) is 0 Å². The van der Waals surface area contributed by atoms with Crippen molar-refractivity contribution < 1.29 is 9.47 Å². The Labute approximate surface area is 199 Å². The largest absolute Gasteiger partial charge is 0.493 e. The summed E-state index contributed by atoms with van der Waals surface area (Å²) in [5.74, 6) is 2.52. The topological polar surface area (TPSA) is 83.9 Å². The van der Waals surface area contributed by atoms with Gasteiger partial charge in [-0.2, -0.15) is 5.10 Å². The number of hydrogen-bond acceptors (Lipinski definition) is 5. The lowest BCUT2D eigenvalue weighted by Crippen LogP contribution is -2.20. The zero-order valence-corrected chi connectivity index (χ0v) is 19.7. The lowest BCUT2D eigenvalue weighted by molar-refractivity contribution is 0.288. The highest BCUT2D eigenvalue weighted by Gasteiger charge is 2.10. The molecule has 7 nitrogen and oxygen atoms in total. The van der Waals surface area contributed by atoms with Crippen molar-refractivity contribution in [2.75, 3.05) is 13.7 Å². The van der Waals surface area contributed by atoms with Crippen molar-refractivity contribution >= 4 is 28.8 Å². The molecule has 0 saturated heterocycles. The maximum absolute atomic E-state index is 5.81. The molecule has 0 aliphatic rings. The lowest BCUT2D eigenvalue weighted by Gasteiger charge is -2.10. The molecule has 4 aromatic rings. The first-order valence-corrected chi connectivity index (χ1v) is 11.4. The van der Waals surface area contributed by atoms with Crippen LogP contribution in [0.3, 0.4) is 0 Å². The first-order valence-electron chi connectivity index (χ1n) is 11.4. The minimum absolute atomic E-state index is 0.516. The van der Waals surface area contributed by atoms with E-state index in [-0.39, 0.29) is 0 Å². The molecule has 4 rings (SSSR count). The fraction of sp³-hybridized carbons (Fsp3) is 0.222. The van der Waals surface area contributed by atoms with Gasteiger partial charge in [-0.1, -0.05) is 43.2 Å². The van der Waals surface area contributed by atoms with Crippen molar-refractivity contribution in [1.82, 2.24) is 15.4 Å². The molecule has 0 saturated carbocycles. The number of aromatic nitrogens is 2. The fourth-order valence-electron chi connectivity index (χ4n) is 3.32. The number of fused-ring (bicyclic) bond motifs is 1. The van der Waals surface area contributed by atoms with Gasteiger partial charge >= 0.3 is 0 Å². The summed E-state index contributed by atoms with van der Waals surface area (Å²) in [6.07, 6.45) is 3.79. The second-order valence-corrected chi connectivity index (χ2v) is 7.88. The van der Waals surface area contributed by atoms with E-state index in [1.165, 1.54) is 5.56 Å². The van der Waals surface area contributed by atoms with Crippen LogP contribution in [0.25, 0.3) is 11.0 Å². The number of benzene rings is 3. The second-order valence-electron chi connectivity index (χ2n) is 7.88. The number of para-hydroxylation sites is 2. The van der Waals surface area contributed by atoms with Gasteiger partial charge in [0.25, 0.3) is 0 Å². The molecule has 3 aromatic carbocycles.